The number of nitrogens with zero attached hydrogens (tertiary/aromatic N) is 2. The number of aromatic nitrogens is 2. The molecule has 2 amide bonds. The van der Waals surface area contributed by atoms with Crippen LogP contribution in [0.4, 0.5) is 0 Å². The lowest BCUT2D eigenvalue weighted by Gasteiger charge is -2.14. The molecule has 0 aliphatic heterocycles. The molecule has 0 aliphatic rings. The van der Waals surface area contributed by atoms with Crippen LogP contribution in [0.15, 0.2) is 54.7 Å². The van der Waals surface area contributed by atoms with Crippen molar-refractivity contribution in [3.8, 4) is 0 Å². The Kier molecular flexibility index (Phi) is 7.00. The van der Waals surface area contributed by atoms with Crippen molar-refractivity contribution in [2.45, 2.75) is 45.6 Å². The zero-order chi connectivity index (χ0) is 20.6. The highest BCUT2D eigenvalue weighted by molar-refractivity contribution is 5.94. The van der Waals surface area contributed by atoms with E-state index in [1.165, 1.54) is 0 Å². The lowest BCUT2D eigenvalue weighted by molar-refractivity contribution is -0.121. The summed E-state index contributed by atoms with van der Waals surface area (Å²) in [5, 5.41) is 5.99. The largest absolute Gasteiger partial charge is 0.351 e. The van der Waals surface area contributed by atoms with E-state index in [1.807, 2.05) is 73.0 Å². The maximum absolute atomic E-state index is 12.5. The molecule has 6 nitrogen and oxygen atoms in total. The summed E-state index contributed by atoms with van der Waals surface area (Å²) < 4.78 is 1.81. The van der Waals surface area contributed by atoms with Gasteiger partial charge in [-0.3, -0.25) is 14.0 Å². The lowest BCUT2D eigenvalue weighted by atomic mass is 10.1. The first-order valence-corrected chi connectivity index (χ1v) is 10.1. The van der Waals surface area contributed by atoms with Gasteiger partial charge in [0.2, 0.25) is 5.91 Å². The maximum Gasteiger partial charge on any atom is 0.270 e. The van der Waals surface area contributed by atoms with Gasteiger partial charge in [-0.25, -0.2) is 4.98 Å². The fourth-order valence-electron chi connectivity index (χ4n) is 3.40. The van der Waals surface area contributed by atoms with E-state index in [9.17, 15) is 9.59 Å². The zero-order valence-corrected chi connectivity index (χ0v) is 17.0. The summed E-state index contributed by atoms with van der Waals surface area (Å²) in [5.74, 6) is -0.0534. The molecule has 152 valence electrons. The fourth-order valence-corrected chi connectivity index (χ4v) is 3.40. The average Bonchev–Trinajstić information content (AvgIpc) is 3.06. The van der Waals surface area contributed by atoms with E-state index in [0.717, 1.165) is 36.2 Å². The van der Waals surface area contributed by atoms with Crippen LogP contribution in [0, 0.1) is 6.92 Å². The molecule has 0 saturated carbocycles. The van der Waals surface area contributed by atoms with E-state index in [2.05, 4.69) is 15.6 Å². The summed E-state index contributed by atoms with van der Waals surface area (Å²) in [6.07, 6.45) is 4.87. The molecule has 0 radical (unpaired) electrons. The fraction of sp³-hybridized carbons (Fsp3) is 0.348. The lowest BCUT2D eigenvalue weighted by Crippen LogP contribution is -2.27. The van der Waals surface area contributed by atoms with Crippen LogP contribution in [-0.4, -0.2) is 27.7 Å². The zero-order valence-electron chi connectivity index (χ0n) is 17.0. The van der Waals surface area contributed by atoms with Gasteiger partial charge in [-0.1, -0.05) is 42.8 Å². The van der Waals surface area contributed by atoms with Gasteiger partial charge in [0.1, 0.15) is 11.3 Å². The molecular weight excluding hydrogens is 364 g/mol. The number of benzene rings is 1. The number of imidazole rings is 1. The van der Waals surface area contributed by atoms with Crippen LogP contribution in [0.1, 0.15) is 60.4 Å². The van der Waals surface area contributed by atoms with Crippen LogP contribution in [-0.2, 0) is 4.79 Å². The Balaban J connectivity index is 1.35. The second kappa shape index (κ2) is 9.87. The van der Waals surface area contributed by atoms with Gasteiger partial charge in [0, 0.05) is 19.2 Å². The van der Waals surface area contributed by atoms with Gasteiger partial charge in [0.25, 0.3) is 5.91 Å². The van der Waals surface area contributed by atoms with Crippen molar-refractivity contribution in [2.75, 3.05) is 6.54 Å². The predicted molar refractivity (Wildman–Crippen MR) is 114 cm³/mol. The summed E-state index contributed by atoms with van der Waals surface area (Å²) in [4.78, 5) is 29.0. The first kappa shape index (κ1) is 20.6. The highest BCUT2D eigenvalue weighted by Crippen LogP contribution is 2.13. The number of fused-ring (bicyclic) bond motifs is 1. The van der Waals surface area contributed by atoms with Crippen LogP contribution in [0.3, 0.4) is 0 Å². The number of hydrogen-bond donors (Lipinski definition) is 2. The SMILES string of the molecule is Cc1nc2ccccn2c1C(=O)NCCCCCC(=O)NC(C)c1ccccc1. The van der Waals surface area contributed by atoms with Gasteiger partial charge >= 0.3 is 0 Å². The first-order chi connectivity index (χ1) is 14.1. The number of pyridine rings is 1. The Bertz CT molecular complexity index is 965. The number of rotatable bonds is 9. The van der Waals surface area contributed by atoms with Gasteiger partial charge in [-0.2, -0.15) is 0 Å². The van der Waals surface area contributed by atoms with E-state index in [4.69, 9.17) is 0 Å². The Morgan fingerprint density at radius 1 is 1.03 bits per heavy atom. The van der Waals surface area contributed by atoms with Gasteiger partial charge in [-0.15, -0.1) is 0 Å². The smallest absolute Gasteiger partial charge is 0.270 e. The maximum atomic E-state index is 12.5. The van der Waals surface area contributed by atoms with Gasteiger partial charge in [0.05, 0.1) is 11.7 Å². The van der Waals surface area contributed by atoms with E-state index in [0.29, 0.717) is 18.7 Å². The number of nitrogens with one attached hydrogen (secondary N) is 2. The highest BCUT2D eigenvalue weighted by Gasteiger charge is 2.15. The molecule has 0 spiro atoms. The van der Waals surface area contributed by atoms with Gasteiger partial charge < -0.3 is 10.6 Å². The molecule has 3 aromatic rings. The highest BCUT2D eigenvalue weighted by atomic mass is 16.2. The molecule has 1 atom stereocenters. The number of carbonyl (C=O) groups excluding carboxylic acids is 2. The standard InChI is InChI=1S/C23H28N4O2/c1-17(19-11-5-3-6-12-19)26-21(28)14-7-4-9-15-24-23(29)22-18(2)25-20-13-8-10-16-27(20)22/h3,5-6,8,10-13,16-17H,4,7,9,14-15H2,1-2H3,(H,24,29)(H,26,28). The third-order valence-corrected chi connectivity index (χ3v) is 4.96. The van der Waals surface area contributed by atoms with Crippen molar-refractivity contribution < 1.29 is 9.59 Å². The summed E-state index contributed by atoms with van der Waals surface area (Å²) >= 11 is 0. The summed E-state index contributed by atoms with van der Waals surface area (Å²) in [5.41, 5.74) is 3.17. The molecule has 6 heteroatoms. The number of aryl methyl sites for hydroxylation is 1. The molecule has 0 fully saturated rings. The van der Waals surface area contributed by atoms with Crippen LogP contribution in [0.5, 0.6) is 0 Å². The second-order valence-electron chi connectivity index (χ2n) is 7.24. The topological polar surface area (TPSA) is 75.5 Å². The molecule has 0 saturated heterocycles. The summed E-state index contributed by atoms with van der Waals surface area (Å²) in [7, 11) is 0. The molecule has 0 aliphatic carbocycles. The molecule has 2 aromatic heterocycles. The predicted octanol–water partition coefficient (Wildman–Crippen LogP) is 3.81. The Labute approximate surface area is 171 Å². The first-order valence-electron chi connectivity index (χ1n) is 10.1. The normalized spacial score (nSPS) is 11.9. The van der Waals surface area contributed by atoms with Crippen molar-refractivity contribution >= 4 is 17.5 Å². The monoisotopic (exact) mass is 392 g/mol. The molecule has 2 heterocycles. The van der Waals surface area contributed by atoms with Crippen molar-refractivity contribution in [1.82, 2.24) is 20.0 Å². The Hall–Kier alpha value is -3.15. The average molecular weight is 393 g/mol. The van der Waals surface area contributed by atoms with Crippen molar-refractivity contribution in [3.63, 3.8) is 0 Å². The molecular formula is C23H28N4O2. The number of hydrogen-bond acceptors (Lipinski definition) is 3. The number of carbonyl (C=O) groups is 2. The Morgan fingerprint density at radius 2 is 1.79 bits per heavy atom. The second-order valence-corrected chi connectivity index (χ2v) is 7.24. The van der Waals surface area contributed by atoms with Crippen molar-refractivity contribution in [1.29, 1.82) is 0 Å². The minimum atomic E-state index is -0.115. The molecule has 3 rings (SSSR count). The minimum Gasteiger partial charge on any atom is -0.351 e. The van der Waals surface area contributed by atoms with Gasteiger partial charge in [0.15, 0.2) is 0 Å². The van der Waals surface area contributed by atoms with E-state index in [-0.39, 0.29) is 17.9 Å². The van der Waals surface area contributed by atoms with Crippen LogP contribution in [0.2, 0.25) is 0 Å². The van der Waals surface area contributed by atoms with Crippen LogP contribution in [0.25, 0.3) is 5.65 Å². The van der Waals surface area contributed by atoms with E-state index >= 15 is 0 Å². The van der Waals surface area contributed by atoms with E-state index < -0.39 is 0 Å². The van der Waals surface area contributed by atoms with Crippen LogP contribution < -0.4 is 10.6 Å². The molecule has 1 aromatic carbocycles. The van der Waals surface area contributed by atoms with E-state index in [1.54, 1.807) is 0 Å². The van der Waals surface area contributed by atoms with Gasteiger partial charge in [-0.05, 0) is 44.4 Å². The summed E-state index contributed by atoms with van der Waals surface area (Å²) in [6, 6.07) is 15.6. The number of amides is 2. The quantitative estimate of drug-likeness (QED) is 0.544. The van der Waals surface area contributed by atoms with Crippen LogP contribution >= 0.6 is 0 Å². The van der Waals surface area contributed by atoms with Crippen molar-refractivity contribution in [2.24, 2.45) is 0 Å². The minimum absolute atomic E-state index is 0.0108. The Morgan fingerprint density at radius 3 is 2.59 bits per heavy atom. The molecule has 2 N–H and O–H groups in total. The molecule has 0 bridgehead atoms. The number of unbranched alkanes of at least 4 members (excludes halogenated alkanes) is 2. The molecule has 1 unspecified atom stereocenters. The van der Waals surface area contributed by atoms with Crippen molar-refractivity contribution in [3.05, 3.63) is 71.7 Å². The summed E-state index contributed by atoms with van der Waals surface area (Å²) in [6.45, 7) is 4.42. The third-order valence-electron chi connectivity index (χ3n) is 4.96. The molecule has 29 heavy (non-hydrogen) atoms. The third kappa shape index (κ3) is 5.44.